The van der Waals surface area contributed by atoms with Gasteiger partial charge in [0.1, 0.15) is 11.8 Å². The zero-order chi connectivity index (χ0) is 13.2. The van der Waals surface area contributed by atoms with Crippen molar-refractivity contribution in [1.82, 2.24) is 14.1 Å². The number of hydrogen-bond acceptors (Lipinski definition) is 4. The average Bonchev–Trinajstić information content (AvgIpc) is 2.74. The molecule has 0 aromatic carbocycles. The van der Waals surface area contributed by atoms with Gasteiger partial charge in [-0.3, -0.25) is 4.40 Å². The summed E-state index contributed by atoms with van der Waals surface area (Å²) in [4.78, 5) is 4.14. The molecule has 0 aliphatic carbocycles. The highest BCUT2D eigenvalue weighted by Crippen LogP contribution is 2.14. The minimum atomic E-state index is -3.19. The summed E-state index contributed by atoms with van der Waals surface area (Å²) >= 11 is 0. The quantitative estimate of drug-likeness (QED) is 0.865. The third kappa shape index (κ3) is 3.21. The lowest BCUT2D eigenvalue weighted by atomic mass is 10.4. The number of imidazole rings is 1. The summed E-state index contributed by atoms with van der Waals surface area (Å²) in [7, 11) is -3.19. The molecule has 1 N–H and O–H groups in total. The van der Waals surface area contributed by atoms with Crippen molar-refractivity contribution in [2.24, 2.45) is 0 Å². The molecule has 2 aromatic rings. The maximum atomic E-state index is 11.0. The molecule has 0 aliphatic rings. The molecular weight excluding hydrogens is 254 g/mol. The molecule has 18 heavy (non-hydrogen) atoms. The Balaban J connectivity index is 2.07. The van der Waals surface area contributed by atoms with E-state index >= 15 is 0 Å². The van der Waals surface area contributed by atoms with E-state index in [4.69, 9.17) is 4.74 Å². The third-order valence-electron chi connectivity index (χ3n) is 2.35. The summed E-state index contributed by atoms with van der Waals surface area (Å²) < 4.78 is 31.8. The van der Waals surface area contributed by atoms with Crippen molar-refractivity contribution in [3.63, 3.8) is 0 Å². The van der Waals surface area contributed by atoms with Gasteiger partial charge in [0.2, 0.25) is 10.0 Å². The van der Waals surface area contributed by atoms with Gasteiger partial charge in [-0.1, -0.05) is 6.07 Å². The smallest absolute Gasteiger partial charge is 0.208 e. The minimum Gasteiger partial charge on any atom is -0.474 e. The molecule has 1 atom stereocenters. The first-order valence-corrected chi connectivity index (χ1v) is 7.38. The van der Waals surface area contributed by atoms with Crippen LogP contribution < -0.4 is 9.46 Å². The predicted molar refractivity (Wildman–Crippen MR) is 68.1 cm³/mol. The van der Waals surface area contributed by atoms with Crippen LogP contribution >= 0.6 is 0 Å². The monoisotopic (exact) mass is 269 g/mol. The SMILES string of the molecule is CC(CNS(C)(=O)=O)Oc1cccc2nccn12. The second kappa shape index (κ2) is 4.95. The standard InChI is InChI=1S/C11H15N3O3S/c1-9(8-13-18(2,15)16)17-11-5-3-4-10-12-6-7-14(10)11/h3-7,9,13H,8H2,1-2H3. The fraction of sp³-hybridized carbons (Fsp3) is 0.364. The third-order valence-corrected chi connectivity index (χ3v) is 3.04. The Morgan fingerprint density at radius 3 is 3.00 bits per heavy atom. The van der Waals surface area contributed by atoms with Gasteiger partial charge in [-0.2, -0.15) is 0 Å². The Kier molecular flexibility index (Phi) is 3.53. The molecule has 2 rings (SSSR count). The van der Waals surface area contributed by atoms with Gasteiger partial charge in [0.25, 0.3) is 0 Å². The molecule has 0 aliphatic heterocycles. The normalized spacial score (nSPS) is 13.7. The highest BCUT2D eigenvalue weighted by molar-refractivity contribution is 7.88. The van der Waals surface area contributed by atoms with Crippen LogP contribution in [-0.2, 0) is 10.0 Å². The van der Waals surface area contributed by atoms with E-state index in [9.17, 15) is 8.42 Å². The molecule has 0 saturated heterocycles. The van der Waals surface area contributed by atoms with Crippen LogP contribution in [0.25, 0.3) is 5.65 Å². The van der Waals surface area contributed by atoms with E-state index in [2.05, 4.69) is 9.71 Å². The van der Waals surface area contributed by atoms with Crippen LogP contribution in [0.4, 0.5) is 0 Å². The number of pyridine rings is 1. The summed E-state index contributed by atoms with van der Waals surface area (Å²) in [6.07, 6.45) is 4.33. The van der Waals surface area contributed by atoms with Crippen molar-refractivity contribution < 1.29 is 13.2 Å². The van der Waals surface area contributed by atoms with E-state index in [0.717, 1.165) is 11.9 Å². The minimum absolute atomic E-state index is 0.226. The van der Waals surface area contributed by atoms with Crippen LogP contribution in [0.3, 0.4) is 0 Å². The number of ether oxygens (including phenoxy) is 1. The van der Waals surface area contributed by atoms with Crippen LogP contribution in [0.2, 0.25) is 0 Å². The van der Waals surface area contributed by atoms with Crippen molar-refractivity contribution in [2.45, 2.75) is 13.0 Å². The van der Waals surface area contributed by atoms with E-state index in [0.29, 0.717) is 5.88 Å². The Labute approximate surface area is 106 Å². The first-order valence-electron chi connectivity index (χ1n) is 5.49. The first-order chi connectivity index (χ1) is 8.46. The molecule has 0 bridgehead atoms. The summed E-state index contributed by atoms with van der Waals surface area (Å²) in [5.74, 6) is 0.632. The molecular formula is C11H15N3O3S. The van der Waals surface area contributed by atoms with E-state index in [1.165, 1.54) is 0 Å². The van der Waals surface area contributed by atoms with Gasteiger partial charge in [0, 0.05) is 18.9 Å². The van der Waals surface area contributed by atoms with Crippen LogP contribution in [0.15, 0.2) is 30.6 Å². The van der Waals surface area contributed by atoms with E-state index in [1.807, 2.05) is 18.2 Å². The fourth-order valence-corrected chi connectivity index (χ4v) is 2.07. The van der Waals surface area contributed by atoms with Crippen molar-refractivity contribution in [1.29, 1.82) is 0 Å². The van der Waals surface area contributed by atoms with E-state index < -0.39 is 10.0 Å². The van der Waals surface area contributed by atoms with E-state index in [-0.39, 0.29) is 12.6 Å². The highest BCUT2D eigenvalue weighted by atomic mass is 32.2. The lowest BCUT2D eigenvalue weighted by Crippen LogP contribution is -2.33. The zero-order valence-corrected chi connectivity index (χ0v) is 11.0. The molecule has 1 unspecified atom stereocenters. The lowest BCUT2D eigenvalue weighted by Gasteiger charge is -2.15. The van der Waals surface area contributed by atoms with Gasteiger partial charge >= 0.3 is 0 Å². The molecule has 0 radical (unpaired) electrons. The zero-order valence-electron chi connectivity index (χ0n) is 10.2. The second-order valence-electron chi connectivity index (χ2n) is 4.07. The van der Waals surface area contributed by atoms with Crippen LogP contribution in [0.5, 0.6) is 5.88 Å². The number of fused-ring (bicyclic) bond motifs is 1. The number of aromatic nitrogens is 2. The maximum absolute atomic E-state index is 11.0. The maximum Gasteiger partial charge on any atom is 0.208 e. The molecule has 0 amide bonds. The molecule has 2 heterocycles. The molecule has 0 fully saturated rings. The van der Waals surface area contributed by atoms with Gasteiger partial charge in [0.15, 0.2) is 5.88 Å². The van der Waals surface area contributed by atoms with Crippen LogP contribution in [0.1, 0.15) is 6.92 Å². The van der Waals surface area contributed by atoms with Gasteiger partial charge in [-0.05, 0) is 19.1 Å². The van der Waals surface area contributed by atoms with E-state index in [1.54, 1.807) is 23.7 Å². The molecule has 7 heteroatoms. The van der Waals surface area contributed by atoms with Gasteiger partial charge in [-0.25, -0.2) is 18.1 Å². The van der Waals surface area contributed by atoms with Crippen LogP contribution in [0, 0.1) is 0 Å². The molecule has 6 nitrogen and oxygen atoms in total. The second-order valence-corrected chi connectivity index (χ2v) is 5.90. The largest absolute Gasteiger partial charge is 0.474 e. The lowest BCUT2D eigenvalue weighted by molar-refractivity contribution is 0.213. The van der Waals surface area contributed by atoms with Gasteiger partial charge < -0.3 is 4.74 Å². The molecule has 98 valence electrons. The molecule has 0 saturated carbocycles. The van der Waals surface area contributed by atoms with Gasteiger partial charge in [-0.15, -0.1) is 0 Å². The number of hydrogen-bond donors (Lipinski definition) is 1. The number of rotatable bonds is 5. The fourth-order valence-electron chi connectivity index (χ4n) is 1.53. The highest BCUT2D eigenvalue weighted by Gasteiger charge is 2.09. The Morgan fingerprint density at radius 2 is 2.28 bits per heavy atom. The Bertz CT molecular complexity index is 636. The van der Waals surface area contributed by atoms with Crippen molar-refractivity contribution in [3.05, 3.63) is 30.6 Å². The molecule has 2 aromatic heterocycles. The van der Waals surface area contributed by atoms with Crippen molar-refractivity contribution in [3.8, 4) is 5.88 Å². The predicted octanol–water partition coefficient (Wildman–Crippen LogP) is 0.651. The number of sulfonamides is 1. The molecule has 0 spiro atoms. The topological polar surface area (TPSA) is 72.7 Å². The summed E-state index contributed by atoms with van der Waals surface area (Å²) in [5.41, 5.74) is 0.788. The van der Waals surface area contributed by atoms with Crippen LogP contribution in [-0.4, -0.2) is 36.7 Å². The number of nitrogens with zero attached hydrogens (tertiary/aromatic N) is 2. The van der Waals surface area contributed by atoms with Crippen molar-refractivity contribution >= 4 is 15.7 Å². The van der Waals surface area contributed by atoms with Crippen molar-refractivity contribution in [2.75, 3.05) is 12.8 Å². The number of nitrogens with one attached hydrogen (secondary N) is 1. The summed E-state index contributed by atoms with van der Waals surface area (Å²) in [5, 5.41) is 0. The summed E-state index contributed by atoms with van der Waals surface area (Å²) in [6, 6.07) is 5.52. The first kappa shape index (κ1) is 12.8. The Morgan fingerprint density at radius 1 is 1.50 bits per heavy atom. The van der Waals surface area contributed by atoms with Gasteiger partial charge in [0.05, 0.1) is 6.26 Å². The average molecular weight is 269 g/mol. The summed E-state index contributed by atoms with van der Waals surface area (Å²) in [6.45, 7) is 2.03. The Hall–Kier alpha value is -1.60.